The SMILES string of the molecule is COCc1ccccc1S(=O)(=O)N1CCC[C@H](C(=O)O)[C@@H]1C. The Balaban J connectivity index is 2.40. The number of sulfonamides is 1. The van der Waals surface area contributed by atoms with Crippen molar-refractivity contribution in [2.45, 2.75) is 37.3 Å². The van der Waals surface area contributed by atoms with Crippen LogP contribution in [-0.4, -0.2) is 43.5 Å². The second-order valence-corrected chi connectivity index (χ2v) is 7.34. The van der Waals surface area contributed by atoms with E-state index in [0.717, 1.165) is 0 Å². The van der Waals surface area contributed by atoms with Crippen molar-refractivity contribution < 1.29 is 23.1 Å². The van der Waals surface area contributed by atoms with E-state index in [1.54, 1.807) is 31.2 Å². The maximum Gasteiger partial charge on any atom is 0.308 e. The molecule has 1 aromatic rings. The number of carbonyl (C=O) groups is 1. The van der Waals surface area contributed by atoms with Gasteiger partial charge in [-0.15, -0.1) is 0 Å². The smallest absolute Gasteiger partial charge is 0.308 e. The molecule has 0 spiro atoms. The molecule has 0 aliphatic carbocycles. The number of carboxylic acid groups (broad SMARTS) is 1. The zero-order chi connectivity index (χ0) is 16.3. The number of nitrogens with zero attached hydrogens (tertiary/aromatic N) is 1. The van der Waals surface area contributed by atoms with Crippen molar-refractivity contribution in [2.75, 3.05) is 13.7 Å². The van der Waals surface area contributed by atoms with Gasteiger partial charge in [0.15, 0.2) is 0 Å². The maximum atomic E-state index is 12.9. The van der Waals surface area contributed by atoms with Crippen LogP contribution in [0.3, 0.4) is 0 Å². The lowest BCUT2D eigenvalue weighted by Gasteiger charge is -2.36. The van der Waals surface area contributed by atoms with Crippen LogP contribution in [0.5, 0.6) is 0 Å². The molecule has 0 unspecified atom stereocenters. The molecule has 1 heterocycles. The van der Waals surface area contributed by atoms with E-state index in [1.165, 1.54) is 11.4 Å². The molecular formula is C15H21NO5S. The Hall–Kier alpha value is -1.44. The first-order valence-electron chi connectivity index (χ1n) is 7.21. The molecule has 0 amide bonds. The number of aliphatic carboxylic acids is 1. The molecule has 0 saturated carbocycles. The maximum absolute atomic E-state index is 12.9. The summed E-state index contributed by atoms with van der Waals surface area (Å²) < 4.78 is 32.2. The van der Waals surface area contributed by atoms with Crippen molar-refractivity contribution in [2.24, 2.45) is 5.92 Å². The molecule has 2 atom stereocenters. The Labute approximate surface area is 130 Å². The Morgan fingerprint density at radius 2 is 2.09 bits per heavy atom. The molecule has 7 heteroatoms. The summed E-state index contributed by atoms with van der Waals surface area (Å²) in [6, 6.07) is 6.11. The van der Waals surface area contributed by atoms with E-state index in [9.17, 15) is 18.3 Å². The first-order valence-corrected chi connectivity index (χ1v) is 8.65. The average molecular weight is 327 g/mol. The molecule has 2 rings (SSSR count). The van der Waals surface area contributed by atoms with E-state index in [-0.39, 0.29) is 11.5 Å². The van der Waals surface area contributed by atoms with Gasteiger partial charge in [-0.1, -0.05) is 18.2 Å². The summed E-state index contributed by atoms with van der Waals surface area (Å²) in [4.78, 5) is 11.5. The predicted molar refractivity (Wildman–Crippen MR) is 80.9 cm³/mol. The van der Waals surface area contributed by atoms with E-state index in [2.05, 4.69) is 0 Å². The Morgan fingerprint density at radius 3 is 2.73 bits per heavy atom. The van der Waals surface area contributed by atoms with Gasteiger partial charge in [-0.05, 0) is 31.4 Å². The number of benzene rings is 1. The number of piperidine rings is 1. The third-order valence-corrected chi connectivity index (χ3v) is 6.19. The van der Waals surface area contributed by atoms with Crippen LogP contribution >= 0.6 is 0 Å². The number of hydrogen-bond acceptors (Lipinski definition) is 4. The summed E-state index contributed by atoms with van der Waals surface area (Å²) in [6.07, 6.45) is 1.05. The van der Waals surface area contributed by atoms with Gasteiger partial charge >= 0.3 is 5.97 Å². The van der Waals surface area contributed by atoms with Gasteiger partial charge in [0.05, 0.1) is 17.4 Å². The summed E-state index contributed by atoms with van der Waals surface area (Å²) in [7, 11) is -2.23. The third-order valence-electron chi connectivity index (χ3n) is 4.11. The summed E-state index contributed by atoms with van der Waals surface area (Å²) in [5.41, 5.74) is 0.578. The topological polar surface area (TPSA) is 83.9 Å². The second kappa shape index (κ2) is 6.76. The summed E-state index contributed by atoms with van der Waals surface area (Å²) in [5, 5.41) is 9.26. The van der Waals surface area contributed by atoms with Gasteiger partial charge in [-0.3, -0.25) is 4.79 Å². The molecule has 1 aromatic carbocycles. The number of ether oxygens (including phenoxy) is 1. The van der Waals surface area contributed by atoms with Crippen LogP contribution in [0, 0.1) is 5.92 Å². The van der Waals surface area contributed by atoms with Crippen LogP contribution in [0.4, 0.5) is 0 Å². The molecule has 22 heavy (non-hydrogen) atoms. The molecule has 1 saturated heterocycles. The van der Waals surface area contributed by atoms with Gasteiger partial charge in [0.1, 0.15) is 0 Å². The average Bonchev–Trinajstić information content (AvgIpc) is 2.47. The molecule has 122 valence electrons. The fraction of sp³-hybridized carbons (Fsp3) is 0.533. The fourth-order valence-corrected chi connectivity index (χ4v) is 4.85. The third kappa shape index (κ3) is 3.16. The van der Waals surface area contributed by atoms with Gasteiger partial charge < -0.3 is 9.84 Å². The first kappa shape index (κ1) is 16.9. The van der Waals surface area contributed by atoms with Gasteiger partial charge in [-0.25, -0.2) is 8.42 Å². The summed E-state index contributed by atoms with van der Waals surface area (Å²) in [6.45, 7) is 2.20. The highest BCUT2D eigenvalue weighted by Gasteiger charge is 2.40. The number of rotatable bonds is 5. The van der Waals surface area contributed by atoms with E-state index in [0.29, 0.717) is 24.9 Å². The van der Waals surface area contributed by atoms with E-state index in [4.69, 9.17) is 4.74 Å². The number of methoxy groups -OCH3 is 1. The molecular weight excluding hydrogens is 306 g/mol. The van der Waals surface area contributed by atoms with Crippen molar-refractivity contribution in [3.8, 4) is 0 Å². The molecule has 1 N–H and O–H groups in total. The van der Waals surface area contributed by atoms with Crippen LogP contribution in [0.2, 0.25) is 0 Å². The van der Waals surface area contributed by atoms with Gasteiger partial charge in [0, 0.05) is 19.7 Å². The standard InChI is InChI=1S/C15H21NO5S/c1-11-13(15(17)18)7-5-9-16(11)22(19,20)14-8-4-3-6-12(14)10-21-2/h3-4,6,8,11,13H,5,7,9-10H2,1-2H3,(H,17,18)/t11-,13-/m0/s1. The predicted octanol–water partition coefficient (Wildman–Crippen LogP) is 1.71. The normalized spacial score (nSPS) is 23.4. The molecule has 0 bridgehead atoms. The lowest BCUT2D eigenvalue weighted by molar-refractivity contribution is -0.144. The van der Waals surface area contributed by atoms with Gasteiger partial charge in [0.2, 0.25) is 10.0 Å². The molecule has 1 aliphatic heterocycles. The Kier molecular flexibility index (Phi) is 5.20. The highest BCUT2D eigenvalue weighted by atomic mass is 32.2. The number of hydrogen-bond donors (Lipinski definition) is 1. The minimum Gasteiger partial charge on any atom is -0.481 e. The molecule has 0 aromatic heterocycles. The number of carboxylic acids is 1. The minimum atomic E-state index is -3.74. The lowest BCUT2D eigenvalue weighted by Crippen LogP contribution is -2.49. The van der Waals surface area contributed by atoms with E-state index in [1.807, 2.05) is 0 Å². The van der Waals surface area contributed by atoms with Crippen LogP contribution in [0.1, 0.15) is 25.3 Å². The van der Waals surface area contributed by atoms with Crippen LogP contribution in [0.25, 0.3) is 0 Å². The second-order valence-electron chi connectivity index (χ2n) is 5.48. The minimum absolute atomic E-state index is 0.190. The largest absolute Gasteiger partial charge is 0.481 e. The summed E-state index contributed by atoms with van der Waals surface area (Å²) >= 11 is 0. The Morgan fingerprint density at radius 1 is 1.41 bits per heavy atom. The first-order chi connectivity index (χ1) is 10.4. The lowest BCUT2D eigenvalue weighted by atomic mass is 9.92. The fourth-order valence-electron chi connectivity index (χ4n) is 2.94. The van der Waals surface area contributed by atoms with E-state index >= 15 is 0 Å². The highest BCUT2D eigenvalue weighted by molar-refractivity contribution is 7.89. The van der Waals surface area contributed by atoms with E-state index < -0.39 is 28.0 Å². The van der Waals surface area contributed by atoms with Crippen molar-refractivity contribution in [1.29, 1.82) is 0 Å². The van der Waals surface area contributed by atoms with Crippen LogP contribution in [-0.2, 0) is 26.2 Å². The molecule has 0 radical (unpaired) electrons. The monoisotopic (exact) mass is 327 g/mol. The molecule has 6 nitrogen and oxygen atoms in total. The highest BCUT2D eigenvalue weighted by Crippen LogP contribution is 2.30. The van der Waals surface area contributed by atoms with Crippen LogP contribution in [0.15, 0.2) is 29.2 Å². The zero-order valence-electron chi connectivity index (χ0n) is 12.7. The van der Waals surface area contributed by atoms with Crippen molar-refractivity contribution >= 4 is 16.0 Å². The Bertz CT molecular complexity index is 643. The quantitative estimate of drug-likeness (QED) is 0.890. The zero-order valence-corrected chi connectivity index (χ0v) is 13.5. The van der Waals surface area contributed by atoms with Gasteiger partial charge in [-0.2, -0.15) is 4.31 Å². The summed E-state index contributed by atoms with van der Waals surface area (Å²) in [5.74, 6) is -1.62. The van der Waals surface area contributed by atoms with Crippen molar-refractivity contribution in [3.05, 3.63) is 29.8 Å². The molecule has 1 fully saturated rings. The van der Waals surface area contributed by atoms with Crippen LogP contribution < -0.4 is 0 Å². The molecule has 1 aliphatic rings. The van der Waals surface area contributed by atoms with Crippen molar-refractivity contribution in [1.82, 2.24) is 4.31 Å². The van der Waals surface area contributed by atoms with Gasteiger partial charge in [0.25, 0.3) is 0 Å². The van der Waals surface area contributed by atoms with Crippen molar-refractivity contribution in [3.63, 3.8) is 0 Å².